The lowest BCUT2D eigenvalue weighted by Crippen LogP contribution is -2.16. The number of hydrogen-bond acceptors (Lipinski definition) is 1. The van der Waals surface area contributed by atoms with Crippen molar-refractivity contribution in [1.82, 2.24) is 0 Å². The van der Waals surface area contributed by atoms with E-state index >= 15 is 0 Å². The zero-order valence-electron chi connectivity index (χ0n) is 10.8. The van der Waals surface area contributed by atoms with Crippen molar-refractivity contribution >= 4 is 12.4 Å². The van der Waals surface area contributed by atoms with Gasteiger partial charge in [-0.15, -0.1) is 19.0 Å². The van der Waals surface area contributed by atoms with Crippen molar-refractivity contribution in [3.63, 3.8) is 0 Å². The molecule has 0 aliphatic carbocycles. The van der Waals surface area contributed by atoms with Crippen LogP contribution in [-0.4, -0.2) is 0 Å². The molecule has 1 aromatic rings. The molecule has 1 rings (SSSR count). The fourth-order valence-electron chi connectivity index (χ4n) is 1.66. The highest BCUT2D eigenvalue weighted by Crippen LogP contribution is 2.37. The zero-order chi connectivity index (χ0) is 15.6. The Morgan fingerprint density at radius 2 is 1.43 bits per heavy atom. The van der Waals surface area contributed by atoms with E-state index in [2.05, 4.69) is 6.58 Å². The van der Waals surface area contributed by atoms with Crippen molar-refractivity contribution in [2.24, 2.45) is 5.73 Å². The van der Waals surface area contributed by atoms with Crippen molar-refractivity contribution in [3.8, 4) is 0 Å². The number of allylic oxidation sites excluding steroid dienone is 1. The molecule has 0 unspecified atom stereocenters. The molecule has 2 N–H and O–H groups in total. The van der Waals surface area contributed by atoms with Crippen LogP contribution in [0.25, 0.3) is 0 Å². The Morgan fingerprint density at radius 1 is 1.00 bits per heavy atom. The SMILES string of the molecule is C=CCC[C@@H](N)c1cc(C(F)(F)F)cc(C(F)(F)F)c1.Cl. The van der Waals surface area contributed by atoms with Gasteiger partial charge in [-0.1, -0.05) is 6.08 Å². The first-order valence-corrected chi connectivity index (χ1v) is 5.71. The summed E-state index contributed by atoms with van der Waals surface area (Å²) in [4.78, 5) is 0. The Morgan fingerprint density at radius 3 is 1.76 bits per heavy atom. The van der Waals surface area contributed by atoms with Crippen molar-refractivity contribution in [3.05, 3.63) is 47.5 Å². The predicted molar refractivity (Wildman–Crippen MR) is 70.1 cm³/mol. The highest BCUT2D eigenvalue weighted by atomic mass is 35.5. The van der Waals surface area contributed by atoms with Crippen LogP contribution >= 0.6 is 12.4 Å². The van der Waals surface area contributed by atoms with Crippen molar-refractivity contribution in [2.45, 2.75) is 31.2 Å². The summed E-state index contributed by atoms with van der Waals surface area (Å²) < 4.78 is 75.8. The first-order valence-electron chi connectivity index (χ1n) is 5.71. The molecular formula is C13H14ClF6N. The molecule has 8 heteroatoms. The van der Waals surface area contributed by atoms with Crippen molar-refractivity contribution < 1.29 is 26.3 Å². The first kappa shape index (κ1) is 19.8. The Balaban J connectivity index is 0.00000400. The van der Waals surface area contributed by atoms with Crippen LogP contribution < -0.4 is 5.73 Å². The van der Waals surface area contributed by atoms with Gasteiger partial charge in [0.25, 0.3) is 0 Å². The largest absolute Gasteiger partial charge is 0.416 e. The molecule has 0 bridgehead atoms. The molecule has 0 aliphatic heterocycles. The van der Waals surface area contributed by atoms with Gasteiger partial charge in [0, 0.05) is 6.04 Å². The van der Waals surface area contributed by atoms with Crippen LogP contribution in [0, 0.1) is 0 Å². The molecule has 0 saturated heterocycles. The quantitative estimate of drug-likeness (QED) is 0.601. The van der Waals surface area contributed by atoms with Crippen LogP contribution in [0.3, 0.4) is 0 Å². The van der Waals surface area contributed by atoms with Gasteiger partial charge in [-0.2, -0.15) is 26.3 Å². The molecule has 21 heavy (non-hydrogen) atoms. The first-order chi connectivity index (χ1) is 9.05. The van der Waals surface area contributed by atoms with Gasteiger partial charge in [-0.05, 0) is 36.6 Å². The van der Waals surface area contributed by atoms with Crippen LogP contribution in [0.2, 0.25) is 0 Å². The van der Waals surface area contributed by atoms with Crippen LogP contribution in [0.4, 0.5) is 26.3 Å². The third-order valence-electron chi connectivity index (χ3n) is 2.72. The van der Waals surface area contributed by atoms with E-state index in [1.807, 2.05) is 0 Å². The van der Waals surface area contributed by atoms with E-state index in [-0.39, 0.29) is 30.5 Å². The molecule has 0 aromatic heterocycles. The highest BCUT2D eigenvalue weighted by molar-refractivity contribution is 5.85. The predicted octanol–water partition coefficient (Wildman–Crippen LogP) is 5.11. The molecule has 0 saturated carbocycles. The second-order valence-corrected chi connectivity index (χ2v) is 4.31. The molecule has 1 aromatic carbocycles. The van der Waals surface area contributed by atoms with Crippen LogP contribution in [0.1, 0.15) is 35.6 Å². The molecule has 120 valence electrons. The maximum Gasteiger partial charge on any atom is 0.416 e. The van der Waals surface area contributed by atoms with Gasteiger partial charge in [0.1, 0.15) is 0 Å². The number of hydrogen-bond donors (Lipinski definition) is 1. The number of alkyl halides is 6. The molecule has 1 atom stereocenters. The van der Waals surface area contributed by atoms with Crippen LogP contribution in [-0.2, 0) is 12.4 Å². The molecular weight excluding hydrogens is 320 g/mol. The van der Waals surface area contributed by atoms with E-state index in [0.29, 0.717) is 18.6 Å². The van der Waals surface area contributed by atoms with Gasteiger partial charge in [0.15, 0.2) is 0 Å². The van der Waals surface area contributed by atoms with Gasteiger partial charge in [0.2, 0.25) is 0 Å². The third-order valence-corrected chi connectivity index (χ3v) is 2.72. The molecule has 0 aliphatic rings. The molecule has 0 amide bonds. The van der Waals surface area contributed by atoms with Crippen LogP contribution in [0.5, 0.6) is 0 Å². The Bertz CT molecular complexity index is 448. The van der Waals surface area contributed by atoms with Crippen molar-refractivity contribution in [1.29, 1.82) is 0 Å². The van der Waals surface area contributed by atoms with E-state index in [0.717, 1.165) is 0 Å². The topological polar surface area (TPSA) is 26.0 Å². The second kappa shape index (κ2) is 7.17. The molecule has 0 fully saturated rings. The normalized spacial score (nSPS) is 13.5. The van der Waals surface area contributed by atoms with Crippen LogP contribution in [0.15, 0.2) is 30.9 Å². The summed E-state index contributed by atoms with van der Waals surface area (Å²) in [6.07, 6.45) is -7.58. The van der Waals surface area contributed by atoms with E-state index in [1.54, 1.807) is 0 Å². The monoisotopic (exact) mass is 333 g/mol. The summed E-state index contributed by atoms with van der Waals surface area (Å²) in [5.74, 6) is 0. The fraction of sp³-hybridized carbons (Fsp3) is 0.385. The molecule has 0 heterocycles. The lowest BCUT2D eigenvalue weighted by molar-refractivity contribution is -0.143. The van der Waals surface area contributed by atoms with E-state index in [1.165, 1.54) is 6.08 Å². The third kappa shape index (κ3) is 5.59. The molecule has 1 nitrogen and oxygen atoms in total. The summed E-state index contributed by atoms with van der Waals surface area (Å²) in [6, 6.07) is 0.492. The minimum Gasteiger partial charge on any atom is -0.324 e. The zero-order valence-corrected chi connectivity index (χ0v) is 11.6. The lowest BCUT2D eigenvalue weighted by atomic mass is 9.97. The summed E-state index contributed by atoms with van der Waals surface area (Å²) in [5.41, 5.74) is 2.74. The average molecular weight is 334 g/mol. The Labute approximate surface area is 124 Å². The number of rotatable bonds is 4. The van der Waals surface area contributed by atoms with E-state index < -0.39 is 29.5 Å². The summed E-state index contributed by atoms with van der Waals surface area (Å²) in [5, 5.41) is 0. The molecule has 0 radical (unpaired) electrons. The fourth-order valence-corrected chi connectivity index (χ4v) is 1.66. The smallest absolute Gasteiger partial charge is 0.324 e. The molecule has 0 spiro atoms. The van der Waals surface area contributed by atoms with Gasteiger partial charge < -0.3 is 5.73 Å². The standard InChI is InChI=1S/C13H13F6N.ClH/c1-2-3-4-11(20)8-5-9(12(14,15)16)7-10(6-8)13(17,18)19;/h2,5-7,11H,1,3-4,20H2;1H/t11-;/m1./s1. The lowest BCUT2D eigenvalue weighted by Gasteiger charge is -2.17. The summed E-state index contributed by atoms with van der Waals surface area (Å²) >= 11 is 0. The van der Waals surface area contributed by atoms with Gasteiger partial charge in [0.05, 0.1) is 11.1 Å². The number of nitrogens with two attached hydrogens (primary N) is 1. The Hall–Kier alpha value is -1.21. The highest BCUT2D eigenvalue weighted by Gasteiger charge is 2.37. The van der Waals surface area contributed by atoms with Gasteiger partial charge in [-0.3, -0.25) is 0 Å². The number of halogens is 7. The second-order valence-electron chi connectivity index (χ2n) is 4.31. The number of benzene rings is 1. The maximum atomic E-state index is 12.6. The minimum atomic E-state index is -4.85. The van der Waals surface area contributed by atoms with Gasteiger partial charge in [-0.25, -0.2) is 0 Å². The Kier molecular flexibility index (Phi) is 6.76. The summed E-state index contributed by atoms with van der Waals surface area (Å²) in [6.45, 7) is 3.42. The minimum absolute atomic E-state index is 0. The maximum absolute atomic E-state index is 12.6. The van der Waals surface area contributed by atoms with Gasteiger partial charge >= 0.3 is 12.4 Å². The summed E-state index contributed by atoms with van der Waals surface area (Å²) in [7, 11) is 0. The van der Waals surface area contributed by atoms with Crippen molar-refractivity contribution in [2.75, 3.05) is 0 Å². The van der Waals surface area contributed by atoms with E-state index in [4.69, 9.17) is 5.73 Å². The van der Waals surface area contributed by atoms with E-state index in [9.17, 15) is 26.3 Å². The average Bonchev–Trinajstić information content (AvgIpc) is 2.33.